The number of carbonyl (C=O) groups excluding carboxylic acids is 3. The van der Waals surface area contributed by atoms with E-state index in [1.165, 1.54) is 11.8 Å². The average molecular weight is 353 g/mol. The maximum atomic E-state index is 12.5. The van der Waals surface area contributed by atoms with Gasteiger partial charge in [-0.05, 0) is 49.2 Å². The second-order valence-corrected chi connectivity index (χ2v) is 6.23. The fraction of sp³-hybridized carbons (Fsp3) is 0.250. The molecular weight excluding hydrogens is 330 g/mol. The zero-order valence-electron chi connectivity index (χ0n) is 15.4. The zero-order valence-corrected chi connectivity index (χ0v) is 15.4. The molecule has 0 aliphatic rings. The molecule has 6 heteroatoms. The van der Waals surface area contributed by atoms with E-state index < -0.39 is 0 Å². The Morgan fingerprint density at radius 1 is 0.923 bits per heavy atom. The van der Waals surface area contributed by atoms with Gasteiger partial charge in [0.25, 0.3) is 5.91 Å². The molecule has 136 valence electrons. The second-order valence-electron chi connectivity index (χ2n) is 6.23. The molecule has 0 spiro atoms. The molecule has 0 unspecified atom stereocenters. The van der Waals surface area contributed by atoms with Crippen LogP contribution in [0.3, 0.4) is 0 Å². The number of para-hydroxylation sites is 1. The van der Waals surface area contributed by atoms with Crippen LogP contribution in [0.5, 0.6) is 0 Å². The fourth-order valence-electron chi connectivity index (χ4n) is 2.60. The van der Waals surface area contributed by atoms with Crippen molar-refractivity contribution in [2.45, 2.75) is 20.8 Å². The van der Waals surface area contributed by atoms with E-state index in [-0.39, 0.29) is 24.3 Å². The number of anilines is 2. The van der Waals surface area contributed by atoms with Crippen molar-refractivity contribution in [3.05, 3.63) is 59.2 Å². The molecule has 0 atom stereocenters. The number of amides is 3. The minimum Gasteiger partial charge on any atom is -0.332 e. The van der Waals surface area contributed by atoms with Crippen molar-refractivity contribution in [2.75, 3.05) is 24.2 Å². The first kappa shape index (κ1) is 19.2. The summed E-state index contributed by atoms with van der Waals surface area (Å²) in [6.45, 7) is 5.21. The van der Waals surface area contributed by atoms with Crippen LogP contribution in [0.25, 0.3) is 0 Å². The Morgan fingerprint density at radius 2 is 1.50 bits per heavy atom. The smallest absolute Gasteiger partial charge is 0.254 e. The van der Waals surface area contributed by atoms with E-state index in [1.54, 1.807) is 31.3 Å². The van der Waals surface area contributed by atoms with Gasteiger partial charge in [0.1, 0.15) is 0 Å². The molecule has 2 aromatic carbocycles. The summed E-state index contributed by atoms with van der Waals surface area (Å²) in [6.07, 6.45) is 0. The molecule has 2 N–H and O–H groups in total. The number of rotatable bonds is 5. The van der Waals surface area contributed by atoms with E-state index in [4.69, 9.17) is 0 Å². The van der Waals surface area contributed by atoms with E-state index in [2.05, 4.69) is 10.6 Å². The van der Waals surface area contributed by atoms with Crippen molar-refractivity contribution in [1.82, 2.24) is 4.90 Å². The van der Waals surface area contributed by atoms with Crippen LogP contribution in [0.2, 0.25) is 0 Å². The number of aryl methyl sites for hydroxylation is 2. The topological polar surface area (TPSA) is 78.5 Å². The van der Waals surface area contributed by atoms with Crippen molar-refractivity contribution in [2.24, 2.45) is 0 Å². The molecule has 0 aliphatic heterocycles. The standard InChI is InChI=1S/C20H23N3O3/c1-13-6-5-7-14(2)19(13)22-18(25)12-23(4)20(26)16-8-10-17(11-9-16)21-15(3)24/h5-11H,12H2,1-4H3,(H,21,24)(H,22,25). The number of likely N-dealkylation sites (N-methyl/N-ethyl adjacent to an activating group) is 1. The predicted octanol–water partition coefficient (Wildman–Crippen LogP) is 2.97. The Balaban J connectivity index is 2.00. The van der Waals surface area contributed by atoms with E-state index in [9.17, 15) is 14.4 Å². The SMILES string of the molecule is CC(=O)Nc1ccc(C(=O)N(C)CC(=O)Nc2c(C)cccc2C)cc1. The monoisotopic (exact) mass is 353 g/mol. The fourth-order valence-corrected chi connectivity index (χ4v) is 2.60. The summed E-state index contributed by atoms with van der Waals surface area (Å²) in [7, 11) is 1.58. The molecule has 0 bridgehead atoms. The van der Waals surface area contributed by atoms with E-state index in [1.807, 2.05) is 32.0 Å². The van der Waals surface area contributed by atoms with Crippen LogP contribution >= 0.6 is 0 Å². The molecule has 2 rings (SSSR count). The molecule has 0 saturated heterocycles. The van der Waals surface area contributed by atoms with E-state index in [0.717, 1.165) is 16.8 Å². The third-order valence-electron chi connectivity index (χ3n) is 3.93. The molecule has 26 heavy (non-hydrogen) atoms. The number of hydrogen-bond donors (Lipinski definition) is 2. The highest BCUT2D eigenvalue weighted by Crippen LogP contribution is 2.19. The molecule has 6 nitrogen and oxygen atoms in total. The number of hydrogen-bond acceptors (Lipinski definition) is 3. The minimum atomic E-state index is -0.268. The van der Waals surface area contributed by atoms with Crippen LogP contribution in [0, 0.1) is 13.8 Å². The van der Waals surface area contributed by atoms with Gasteiger partial charge in [0, 0.05) is 30.9 Å². The highest BCUT2D eigenvalue weighted by Gasteiger charge is 2.16. The Kier molecular flexibility index (Phi) is 6.11. The van der Waals surface area contributed by atoms with Gasteiger partial charge < -0.3 is 15.5 Å². The lowest BCUT2D eigenvalue weighted by Crippen LogP contribution is -2.35. The number of nitrogens with one attached hydrogen (secondary N) is 2. The Morgan fingerprint density at radius 3 is 2.04 bits per heavy atom. The van der Waals surface area contributed by atoms with Crippen LogP contribution in [0.1, 0.15) is 28.4 Å². The Bertz CT molecular complexity index is 808. The van der Waals surface area contributed by atoms with Crippen LogP contribution in [-0.4, -0.2) is 36.2 Å². The Labute approximate surface area is 153 Å². The van der Waals surface area contributed by atoms with Gasteiger partial charge in [-0.25, -0.2) is 0 Å². The normalized spacial score (nSPS) is 10.2. The van der Waals surface area contributed by atoms with Gasteiger partial charge in [-0.15, -0.1) is 0 Å². The third kappa shape index (κ3) is 4.92. The first-order valence-corrected chi connectivity index (χ1v) is 8.27. The molecule has 0 heterocycles. The van der Waals surface area contributed by atoms with Gasteiger partial charge in [0.2, 0.25) is 11.8 Å². The second kappa shape index (κ2) is 8.29. The number of benzene rings is 2. The van der Waals surface area contributed by atoms with Crippen molar-refractivity contribution in [3.63, 3.8) is 0 Å². The molecule has 3 amide bonds. The van der Waals surface area contributed by atoms with Crippen molar-refractivity contribution < 1.29 is 14.4 Å². The highest BCUT2D eigenvalue weighted by molar-refractivity contribution is 6.00. The van der Waals surface area contributed by atoms with Crippen LogP contribution in [0.15, 0.2) is 42.5 Å². The average Bonchev–Trinajstić information content (AvgIpc) is 2.58. The van der Waals surface area contributed by atoms with Gasteiger partial charge in [-0.1, -0.05) is 18.2 Å². The largest absolute Gasteiger partial charge is 0.332 e. The van der Waals surface area contributed by atoms with Crippen molar-refractivity contribution >= 4 is 29.1 Å². The van der Waals surface area contributed by atoms with Crippen LogP contribution < -0.4 is 10.6 Å². The van der Waals surface area contributed by atoms with Crippen molar-refractivity contribution in [3.8, 4) is 0 Å². The third-order valence-corrected chi connectivity index (χ3v) is 3.93. The first-order chi connectivity index (χ1) is 12.3. The summed E-state index contributed by atoms with van der Waals surface area (Å²) in [4.78, 5) is 37.1. The molecule has 0 aliphatic carbocycles. The lowest BCUT2D eigenvalue weighted by atomic mass is 10.1. The van der Waals surface area contributed by atoms with Gasteiger partial charge in [-0.3, -0.25) is 14.4 Å². The predicted molar refractivity (Wildman–Crippen MR) is 102 cm³/mol. The van der Waals surface area contributed by atoms with E-state index >= 15 is 0 Å². The number of carbonyl (C=O) groups is 3. The van der Waals surface area contributed by atoms with Gasteiger partial charge >= 0.3 is 0 Å². The van der Waals surface area contributed by atoms with Crippen molar-refractivity contribution in [1.29, 1.82) is 0 Å². The maximum Gasteiger partial charge on any atom is 0.254 e. The summed E-state index contributed by atoms with van der Waals surface area (Å²) in [5.41, 5.74) is 3.78. The molecule has 0 fully saturated rings. The number of nitrogens with zero attached hydrogens (tertiary/aromatic N) is 1. The summed E-state index contributed by atoms with van der Waals surface area (Å²) in [6, 6.07) is 12.3. The minimum absolute atomic E-state index is 0.0555. The van der Waals surface area contributed by atoms with Gasteiger partial charge in [-0.2, -0.15) is 0 Å². The molecule has 0 aromatic heterocycles. The molecule has 0 saturated carbocycles. The summed E-state index contributed by atoms with van der Waals surface area (Å²) in [5, 5.41) is 5.51. The Hall–Kier alpha value is -3.15. The van der Waals surface area contributed by atoms with Gasteiger partial charge in [0.15, 0.2) is 0 Å². The quantitative estimate of drug-likeness (QED) is 0.867. The summed E-state index contributed by atoms with van der Waals surface area (Å²) in [5.74, 6) is -0.700. The molecular formula is C20H23N3O3. The lowest BCUT2D eigenvalue weighted by Gasteiger charge is -2.18. The first-order valence-electron chi connectivity index (χ1n) is 8.27. The van der Waals surface area contributed by atoms with Crippen LogP contribution in [-0.2, 0) is 9.59 Å². The van der Waals surface area contributed by atoms with Crippen LogP contribution in [0.4, 0.5) is 11.4 Å². The maximum absolute atomic E-state index is 12.5. The van der Waals surface area contributed by atoms with Gasteiger partial charge in [0.05, 0.1) is 6.54 Å². The highest BCUT2D eigenvalue weighted by atomic mass is 16.2. The van der Waals surface area contributed by atoms with E-state index in [0.29, 0.717) is 11.3 Å². The lowest BCUT2D eigenvalue weighted by molar-refractivity contribution is -0.116. The molecule has 2 aromatic rings. The summed E-state index contributed by atoms with van der Waals surface area (Å²) >= 11 is 0. The molecule has 0 radical (unpaired) electrons. The zero-order chi connectivity index (χ0) is 19.3. The summed E-state index contributed by atoms with van der Waals surface area (Å²) < 4.78 is 0.